The quantitative estimate of drug-likeness (QED) is 0.890. The molecule has 1 aliphatic rings. The lowest BCUT2D eigenvalue weighted by atomic mass is 9.73. The number of nitrogens with one attached hydrogen (secondary N) is 1. The van der Waals surface area contributed by atoms with Gasteiger partial charge in [0.25, 0.3) is 0 Å². The minimum absolute atomic E-state index is 0.105. The zero-order valence-electron chi connectivity index (χ0n) is 12.5. The van der Waals surface area contributed by atoms with Crippen LogP contribution in [-0.2, 0) is 6.54 Å². The second-order valence-electron chi connectivity index (χ2n) is 6.26. The summed E-state index contributed by atoms with van der Waals surface area (Å²) in [5.41, 5.74) is 1.66. The Bertz CT molecular complexity index is 459. The van der Waals surface area contributed by atoms with Crippen LogP contribution in [0.4, 0.5) is 0 Å². The summed E-state index contributed by atoms with van der Waals surface area (Å²) in [6.07, 6.45) is 5.28. The average molecular weight is 272 g/mol. The van der Waals surface area contributed by atoms with Gasteiger partial charge in [0.05, 0.1) is 0 Å². The fourth-order valence-electron chi connectivity index (χ4n) is 2.93. The van der Waals surface area contributed by atoms with Crippen molar-refractivity contribution in [1.29, 1.82) is 5.26 Å². The summed E-state index contributed by atoms with van der Waals surface area (Å²) in [6.45, 7) is 5.73. The van der Waals surface area contributed by atoms with Crippen molar-refractivity contribution in [2.24, 2.45) is 5.41 Å². The maximum Gasteiger partial charge on any atom is 0.174 e. The van der Waals surface area contributed by atoms with Gasteiger partial charge in [-0.3, -0.25) is 0 Å². The zero-order valence-corrected chi connectivity index (χ0v) is 12.5. The molecular formula is C17H24N2O. The van der Waals surface area contributed by atoms with Gasteiger partial charge in [-0.2, -0.15) is 5.26 Å². The smallest absolute Gasteiger partial charge is 0.174 e. The normalized spacial score (nSPS) is 21.1. The summed E-state index contributed by atoms with van der Waals surface area (Å²) in [5.74, 6) is 0.758. The molecule has 2 rings (SSSR count). The highest BCUT2D eigenvalue weighted by molar-refractivity contribution is 5.27. The van der Waals surface area contributed by atoms with Crippen LogP contribution in [0.25, 0.3) is 0 Å². The second-order valence-corrected chi connectivity index (χ2v) is 6.26. The highest BCUT2D eigenvalue weighted by Crippen LogP contribution is 2.35. The third-order valence-electron chi connectivity index (χ3n) is 4.29. The first-order chi connectivity index (χ1) is 9.62. The summed E-state index contributed by atoms with van der Waals surface area (Å²) >= 11 is 0. The molecule has 1 fully saturated rings. The Morgan fingerprint density at radius 3 is 2.70 bits per heavy atom. The Morgan fingerprint density at radius 1 is 1.30 bits per heavy atom. The van der Waals surface area contributed by atoms with E-state index in [1.807, 2.05) is 18.2 Å². The van der Waals surface area contributed by atoms with Crippen LogP contribution < -0.4 is 10.1 Å². The highest BCUT2D eigenvalue weighted by Gasteiger charge is 2.31. The molecule has 1 atom stereocenters. The van der Waals surface area contributed by atoms with E-state index in [1.165, 1.54) is 31.2 Å². The molecule has 0 amide bonds. The molecule has 1 saturated carbocycles. The maximum absolute atomic E-state index is 8.47. The maximum atomic E-state index is 8.47. The lowest BCUT2D eigenvalue weighted by Gasteiger charge is -2.39. The van der Waals surface area contributed by atoms with Crippen LogP contribution in [0, 0.1) is 16.7 Å². The van der Waals surface area contributed by atoms with Crippen molar-refractivity contribution in [3.63, 3.8) is 0 Å². The van der Waals surface area contributed by atoms with E-state index in [-0.39, 0.29) is 6.61 Å². The van der Waals surface area contributed by atoms with Crippen LogP contribution in [0.15, 0.2) is 24.3 Å². The molecule has 1 unspecified atom stereocenters. The topological polar surface area (TPSA) is 45.0 Å². The van der Waals surface area contributed by atoms with E-state index in [0.29, 0.717) is 11.5 Å². The summed E-state index contributed by atoms with van der Waals surface area (Å²) in [7, 11) is 0. The largest absolute Gasteiger partial charge is 0.479 e. The van der Waals surface area contributed by atoms with Gasteiger partial charge in [-0.05, 0) is 36.0 Å². The summed E-state index contributed by atoms with van der Waals surface area (Å²) < 4.78 is 5.26. The molecule has 3 heteroatoms. The number of benzene rings is 1. The SMILES string of the molecule is CC1(C)CCCCC1NCc1ccc(OCC#N)cc1. The molecule has 0 aliphatic heterocycles. The first-order valence-electron chi connectivity index (χ1n) is 7.44. The Hall–Kier alpha value is -1.53. The predicted octanol–water partition coefficient (Wildman–Crippen LogP) is 3.65. The Labute approximate surface area is 121 Å². The van der Waals surface area contributed by atoms with E-state index < -0.39 is 0 Å². The van der Waals surface area contributed by atoms with Gasteiger partial charge in [-0.25, -0.2) is 0 Å². The van der Waals surface area contributed by atoms with E-state index in [9.17, 15) is 0 Å². The summed E-state index contributed by atoms with van der Waals surface area (Å²) in [4.78, 5) is 0. The van der Waals surface area contributed by atoms with Gasteiger partial charge < -0.3 is 10.1 Å². The minimum Gasteiger partial charge on any atom is -0.479 e. The number of rotatable bonds is 5. The van der Waals surface area contributed by atoms with Crippen molar-refractivity contribution in [3.8, 4) is 11.8 Å². The van der Waals surface area contributed by atoms with Crippen molar-refractivity contribution in [1.82, 2.24) is 5.32 Å². The van der Waals surface area contributed by atoms with Crippen LogP contribution in [0.2, 0.25) is 0 Å². The Kier molecular flexibility index (Phi) is 5.03. The Morgan fingerprint density at radius 2 is 2.05 bits per heavy atom. The fraction of sp³-hybridized carbons (Fsp3) is 0.588. The molecule has 0 bridgehead atoms. The first kappa shape index (κ1) is 14.9. The molecule has 1 N–H and O–H groups in total. The molecule has 108 valence electrons. The Balaban J connectivity index is 1.86. The highest BCUT2D eigenvalue weighted by atomic mass is 16.5. The number of ether oxygens (including phenoxy) is 1. The lowest BCUT2D eigenvalue weighted by Crippen LogP contribution is -2.43. The minimum atomic E-state index is 0.105. The molecular weight excluding hydrogens is 248 g/mol. The molecule has 0 radical (unpaired) electrons. The second kappa shape index (κ2) is 6.76. The van der Waals surface area contributed by atoms with Gasteiger partial charge in [0, 0.05) is 12.6 Å². The summed E-state index contributed by atoms with van der Waals surface area (Å²) in [6, 6.07) is 10.6. The number of hydrogen-bond acceptors (Lipinski definition) is 3. The molecule has 0 aromatic heterocycles. The van der Waals surface area contributed by atoms with E-state index in [2.05, 4.69) is 31.3 Å². The first-order valence-corrected chi connectivity index (χ1v) is 7.44. The van der Waals surface area contributed by atoms with Gasteiger partial charge in [0.1, 0.15) is 11.8 Å². The lowest BCUT2D eigenvalue weighted by molar-refractivity contribution is 0.167. The van der Waals surface area contributed by atoms with E-state index in [4.69, 9.17) is 10.00 Å². The average Bonchev–Trinajstić information content (AvgIpc) is 2.45. The van der Waals surface area contributed by atoms with Crippen molar-refractivity contribution < 1.29 is 4.74 Å². The molecule has 0 spiro atoms. The van der Waals surface area contributed by atoms with Crippen molar-refractivity contribution in [2.75, 3.05) is 6.61 Å². The molecule has 3 nitrogen and oxygen atoms in total. The van der Waals surface area contributed by atoms with Gasteiger partial charge in [0.15, 0.2) is 6.61 Å². The van der Waals surface area contributed by atoms with Crippen LogP contribution in [-0.4, -0.2) is 12.6 Å². The summed E-state index contributed by atoms with van der Waals surface area (Å²) in [5, 5.41) is 12.2. The standard InChI is InChI=1S/C17H24N2O/c1-17(2)10-4-3-5-16(17)19-13-14-6-8-15(9-7-14)20-12-11-18/h6-9,16,19H,3-5,10,12-13H2,1-2H3. The number of hydrogen-bond donors (Lipinski definition) is 1. The predicted molar refractivity (Wildman–Crippen MR) is 80.4 cm³/mol. The van der Waals surface area contributed by atoms with Crippen LogP contribution in [0.3, 0.4) is 0 Å². The third kappa shape index (κ3) is 3.98. The number of nitrogens with zero attached hydrogens (tertiary/aromatic N) is 1. The van der Waals surface area contributed by atoms with Crippen LogP contribution in [0.5, 0.6) is 5.75 Å². The van der Waals surface area contributed by atoms with Gasteiger partial charge in [-0.1, -0.05) is 38.8 Å². The molecule has 1 aliphatic carbocycles. The van der Waals surface area contributed by atoms with Gasteiger partial charge in [-0.15, -0.1) is 0 Å². The van der Waals surface area contributed by atoms with E-state index in [1.54, 1.807) is 0 Å². The monoisotopic (exact) mass is 272 g/mol. The van der Waals surface area contributed by atoms with Crippen LogP contribution in [0.1, 0.15) is 45.1 Å². The van der Waals surface area contributed by atoms with E-state index in [0.717, 1.165) is 12.3 Å². The molecule has 1 aromatic carbocycles. The molecule has 0 heterocycles. The van der Waals surface area contributed by atoms with Crippen molar-refractivity contribution in [3.05, 3.63) is 29.8 Å². The molecule has 1 aromatic rings. The number of nitriles is 1. The zero-order chi connectivity index (χ0) is 14.4. The third-order valence-corrected chi connectivity index (χ3v) is 4.29. The van der Waals surface area contributed by atoms with Crippen molar-refractivity contribution >= 4 is 0 Å². The van der Waals surface area contributed by atoms with Crippen molar-refractivity contribution in [2.45, 2.75) is 52.1 Å². The molecule has 0 saturated heterocycles. The fourth-order valence-corrected chi connectivity index (χ4v) is 2.93. The van der Waals surface area contributed by atoms with Gasteiger partial charge >= 0.3 is 0 Å². The van der Waals surface area contributed by atoms with Gasteiger partial charge in [0.2, 0.25) is 0 Å². The molecule has 20 heavy (non-hydrogen) atoms. The van der Waals surface area contributed by atoms with Crippen LogP contribution >= 0.6 is 0 Å². The van der Waals surface area contributed by atoms with E-state index >= 15 is 0 Å².